The Morgan fingerprint density at radius 2 is 1.70 bits per heavy atom. The van der Waals surface area contributed by atoms with Crippen molar-refractivity contribution in [3.63, 3.8) is 0 Å². The lowest BCUT2D eigenvalue weighted by atomic mass is 10.1. The highest BCUT2D eigenvalue weighted by atomic mass is 16.5. The quantitative estimate of drug-likeness (QED) is 0.692. The molecule has 1 aromatic rings. The Labute approximate surface area is 137 Å². The first-order valence-electron chi connectivity index (χ1n) is 7.07. The third kappa shape index (κ3) is 5.21. The monoisotopic (exact) mass is 317 g/mol. The van der Waals surface area contributed by atoms with Crippen molar-refractivity contribution in [2.75, 3.05) is 28.4 Å². The second-order valence-electron chi connectivity index (χ2n) is 4.68. The molecular weight excluding hydrogens is 294 g/mol. The van der Waals surface area contributed by atoms with Gasteiger partial charge in [-0.15, -0.1) is 0 Å². The number of hydrogen-bond donors (Lipinski definition) is 0. The molecule has 1 rings (SSSR count). The normalized spacial score (nSPS) is 10.8. The van der Waals surface area contributed by atoms with Gasteiger partial charge in [0.1, 0.15) is 0 Å². The predicted octanol–water partition coefficient (Wildman–Crippen LogP) is 2.97. The largest absolute Gasteiger partial charge is 0.493 e. The highest BCUT2D eigenvalue weighted by Crippen LogP contribution is 2.38. The molecule has 1 amide bonds. The zero-order valence-electron chi connectivity index (χ0n) is 14.0. The summed E-state index contributed by atoms with van der Waals surface area (Å²) < 4.78 is 15.9. The molecule has 0 N–H and O–H groups in total. The lowest BCUT2D eigenvalue weighted by molar-refractivity contribution is -0.126. The topological polar surface area (TPSA) is 48.0 Å². The smallest absolute Gasteiger partial charge is 0.230 e. The molecule has 0 aliphatic rings. The maximum atomic E-state index is 12.2. The van der Waals surface area contributed by atoms with Crippen LogP contribution < -0.4 is 14.2 Å². The molecule has 0 spiro atoms. The van der Waals surface area contributed by atoms with Crippen molar-refractivity contribution >= 4 is 5.91 Å². The van der Waals surface area contributed by atoms with Crippen LogP contribution in [-0.2, 0) is 11.2 Å². The van der Waals surface area contributed by atoms with Gasteiger partial charge in [0.05, 0.1) is 27.8 Å². The van der Waals surface area contributed by atoms with Gasteiger partial charge in [0.15, 0.2) is 11.5 Å². The molecule has 0 saturated carbocycles. The maximum Gasteiger partial charge on any atom is 0.230 e. The Hall–Kier alpha value is -2.69. The van der Waals surface area contributed by atoms with Gasteiger partial charge in [-0.05, 0) is 23.8 Å². The van der Waals surface area contributed by atoms with Crippen molar-refractivity contribution in [2.45, 2.75) is 6.42 Å². The standard InChI is InChI=1S/C18H23NO4/c1-6-7-8-9-10-19(2)17(20)13-14-11-15(21-3)18(23-5)16(12-14)22-4/h6-12H,1,13H2,2-5H3/b8-7-,10-9-. The third-order valence-electron chi connectivity index (χ3n) is 3.14. The van der Waals surface area contributed by atoms with Crippen molar-refractivity contribution in [3.8, 4) is 17.2 Å². The number of amides is 1. The maximum absolute atomic E-state index is 12.2. The molecule has 0 fully saturated rings. The number of carbonyl (C=O) groups is 1. The van der Waals surface area contributed by atoms with Gasteiger partial charge in [-0.1, -0.05) is 24.8 Å². The Morgan fingerprint density at radius 3 is 2.17 bits per heavy atom. The zero-order chi connectivity index (χ0) is 17.2. The second-order valence-corrected chi connectivity index (χ2v) is 4.68. The van der Waals surface area contributed by atoms with Gasteiger partial charge in [0.25, 0.3) is 0 Å². The van der Waals surface area contributed by atoms with E-state index in [1.54, 1.807) is 71.0 Å². The van der Waals surface area contributed by atoms with E-state index in [0.29, 0.717) is 17.2 Å². The van der Waals surface area contributed by atoms with E-state index < -0.39 is 0 Å². The highest BCUT2D eigenvalue weighted by molar-refractivity contribution is 5.80. The van der Waals surface area contributed by atoms with Gasteiger partial charge in [-0.2, -0.15) is 0 Å². The number of rotatable bonds is 8. The second kappa shape index (κ2) is 9.35. The average molecular weight is 317 g/mol. The molecule has 1 aromatic carbocycles. The average Bonchev–Trinajstić information content (AvgIpc) is 2.57. The predicted molar refractivity (Wildman–Crippen MR) is 91.0 cm³/mol. The molecule has 0 unspecified atom stereocenters. The van der Waals surface area contributed by atoms with E-state index in [0.717, 1.165) is 5.56 Å². The van der Waals surface area contributed by atoms with Gasteiger partial charge in [0, 0.05) is 13.2 Å². The van der Waals surface area contributed by atoms with Gasteiger partial charge in [-0.3, -0.25) is 4.79 Å². The minimum absolute atomic E-state index is 0.0532. The summed E-state index contributed by atoms with van der Waals surface area (Å²) >= 11 is 0. The number of likely N-dealkylation sites (N-methyl/N-ethyl adjacent to an activating group) is 1. The summed E-state index contributed by atoms with van der Waals surface area (Å²) in [5, 5.41) is 0. The lowest BCUT2D eigenvalue weighted by Gasteiger charge is -2.15. The fraction of sp³-hybridized carbons (Fsp3) is 0.278. The molecule has 0 aromatic heterocycles. The summed E-state index contributed by atoms with van der Waals surface area (Å²) in [5.41, 5.74) is 0.784. The number of carbonyl (C=O) groups excluding carboxylic acids is 1. The number of benzene rings is 1. The van der Waals surface area contributed by atoms with Crippen LogP contribution in [0.4, 0.5) is 0 Å². The van der Waals surface area contributed by atoms with Crippen LogP contribution in [0.15, 0.2) is 49.2 Å². The lowest BCUT2D eigenvalue weighted by Crippen LogP contribution is -2.22. The van der Waals surface area contributed by atoms with Crippen molar-refractivity contribution < 1.29 is 19.0 Å². The van der Waals surface area contributed by atoms with Crippen LogP contribution in [0.5, 0.6) is 17.2 Å². The number of hydrogen-bond acceptors (Lipinski definition) is 4. The molecule has 23 heavy (non-hydrogen) atoms. The molecule has 0 bridgehead atoms. The first kappa shape index (κ1) is 18.4. The van der Waals surface area contributed by atoms with E-state index in [-0.39, 0.29) is 12.3 Å². The van der Waals surface area contributed by atoms with Crippen LogP contribution in [0, 0.1) is 0 Å². The van der Waals surface area contributed by atoms with E-state index in [4.69, 9.17) is 14.2 Å². The molecular formula is C18H23NO4. The van der Waals surface area contributed by atoms with E-state index in [2.05, 4.69) is 6.58 Å². The molecule has 0 aliphatic carbocycles. The Morgan fingerprint density at radius 1 is 1.09 bits per heavy atom. The summed E-state index contributed by atoms with van der Waals surface area (Å²) in [7, 11) is 6.34. The number of allylic oxidation sites excluding steroid dienone is 4. The first-order valence-corrected chi connectivity index (χ1v) is 7.07. The SMILES string of the molecule is C=C/C=C\C=C/N(C)C(=O)Cc1cc(OC)c(OC)c(OC)c1. The van der Waals surface area contributed by atoms with Crippen molar-refractivity contribution in [3.05, 3.63) is 54.8 Å². The molecule has 124 valence electrons. The molecule has 0 aliphatic heterocycles. The van der Waals surface area contributed by atoms with Gasteiger partial charge in [-0.25, -0.2) is 0 Å². The number of ether oxygens (including phenoxy) is 3. The van der Waals surface area contributed by atoms with Gasteiger partial charge in [0.2, 0.25) is 11.7 Å². The van der Waals surface area contributed by atoms with Crippen molar-refractivity contribution in [2.24, 2.45) is 0 Å². The zero-order valence-corrected chi connectivity index (χ0v) is 14.0. The molecule has 5 nitrogen and oxygen atoms in total. The minimum atomic E-state index is -0.0532. The summed E-state index contributed by atoms with van der Waals surface area (Å²) in [6.45, 7) is 3.58. The molecule has 0 heterocycles. The molecule has 0 atom stereocenters. The minimum Gasteiger partial charge on any atom is -0.493 e. The van der Waals surface area contributed by atoms with Gasteiger partial charge >= 0.3 is 0 Å². The number of nitrogens with zero attached hydrogens (tertiary/aromatic N) is 1. The van der Waals surface area contributed by atoms with Crippen molar-refractivity contribution in [1.82, 2.24) is 4.90 Å². The Bertz CT molecular complexity index is 580. The van der Waals surface area contributed by atoms with E-state index >= 15 is 0 Å². The number of methoxy groups -OCH3 is 3. The summed E-state index contributed by atoms with van der Waals surface area (Å²) in [5.74, 6) is 1.51. The van der Waals surface area contributed by atoms with Crippen LogP contribution in [-0.4, -0.2) is 39.2 Å². The van der Waals surface area contributed by atoms with Crippen LogP contribution in [0.25, 0.3) is 0 Å². The van der Waals surface area contributed by atoms with Crippen LogP contribution in [0.2, 0.25) is 0 Å². The first-order chi connectivity index (χ1) is 11.1. The van der Waals surface area contributed by atoms with Crippen LogP contribution in [0.1, 0.15) is 5.56 Å². The Kier molecular flexibility index (Phi) is 7.47. The third-order valence-corrected chi connectivity index (χ3v) is 3.14. The van der Waals surface area contributed by atoms with E-state index in [9.17, 15) is 4.79 Å². The van der Waals surface area contributed by atoms with Crippen LogP contribution >= 0.6 is 0 Å². The van der Waals surface area contributed by atoms with E-state index in [1.165, 1.54) is 4.90 Å². The van der Waals surface area contributed by atoms with Gasteiger partial charge < -0.3 is 19.1 Å². The molecule has 0 radical (unpaired) electrons. The molecule has 0 saturated heterocycles. The van der Waals surface area contributed by atoms with E-state index in [1.807, 2.05) is 0 Å². The fourth-order valence-corrected chi connectivity index (χ4v) is 1.94. The molecule has 5 heteroatoms. The van der Waals surface area contributed by atoms with Crippen LogP contribution in [0.3, 0.4) is 0 Å². The summed E-state index contributed by atoms with van der Waals surface area (Å²) in [4.78, 5) is 13.8. The summed E-state index contributed by atoms with van der Waals surface area (Å²) in [6, 6.07) is 3.54. The highest BCUT2D eigenvalue weighted by Gasteiger charge is 2.15. The fourth-order valence-electron chi connectivity index (χ4n) is 1.94. The Balaban J connectivity index is 2.91. The van der Waals surface area contributed by atoms with Crippen molar-refractivity contribution in [1.29, 1.82) is 0 Å². The summed E-state index contributed by atoms with van der Waals surface area (Å²) in [6.07, 6.45) is 8.95.